The molecule has 90 valence electrons. The van der Waals surface area contributed by atoms with Crippen LogP contribution in [0.3, 0.4) is 0 Å². The van der Waals surface area contributed by atoms with Gasteiger partial charge in [0, 0.05) is 12.2 Å². The van der Waals surface area contributed by atoms with Gasteiger partial charge in [0.25, 0.3) is 0 Å². The SMILES string of the molecule is N#Cc1cccc(CNc2cccc(CO)c2)c1. The monoisotopic (exact) mass is 238 g/mol. The number of hydrogen-bond acceptors (Lipinski definition) is 3. The zero-order valence-electron chi connectivity index (χ0n) is 9.93. The van der Waals surface area contributed by atoms with Crippen LogP contribution in [0.2, 0.25) is 0 Å². The molecule has 0 saturated carbocycles. The average molecular weight is 238 g/mol. The van der Waals surface area contributed by atoms with Gasteiger partial charge in [-0.05, 0) is 35.4 Å². The summed E-state index contributed by atoms with van der Waals surface area (Å²) < 4.78 is 0. The van der Waals surface area contributed by atoms with Crippen LogP contribution < -0.4 is 5.32 Å². The van der Waals surface area contributed by atoms with Crippen LogP contribution in [0.5, 0.6) is 0 Å². The molecule has 3 nitrogen and oxygen atoms in total. The van der Waals surface area contributed by atoms with Crippen LogP contribution in [0.4, 0.5) is 5.69 Å². The van der Waals surface area contributed by atoms with E-state index in [0.29, 0.717) is 12.1 Å². The molecule has 2 aromatic rings. The van der Waals surface area contributed by atoms with E-state index in [2.05, 4.69) is 11.4 Å². The molecular formula is C15H14N2O. The number of aliphatic hydroxyl groups is 1. The third-order valence-corrected chi connectivity index (χ3v) is 2.66. The Kier molecular flexibility index (Phi) is 3.95. The molecule has 2 aromatic carbocycles. The van der Waals surface area contributed by atoms with Crippen molar-refractivity contribution in [2.24, 2.45) is 0 Å². The maximum atomic E-state index is 9.05. The van der Waals surface area contributed by atoms with Crippen LogP contribution in [0, 0.1) is 11.3 Å². The smallest absolute Gasteiger partial charge is 0.0991 e. The highest BCUT2D eigenvalue weighted by Gasteiger charge is 1.97. The number of nitrogens with zero attached hydrogens (tertiary/aromatic N) is 1. The van der Waals surface area contributed by atoms with Crippen molar-refractivity contribution in [1.82, 2.24) is 0 Å². The number of anilines is 1. The highest BCUT2D eigenvalue weighted by atomic mass is 16.3. The minimum Gasteiger partial charge on any atom is -0.392 e. The van der Waals surface area contributed by atoms with Crippen LogP contribution in [-0.4, -0.2) is 5.11 Å². The van der Waals surface area contributed by atoms with Crippen molar-refractivity contribution in [2.45, 2.75) is 13.2 Å². The molecule has 0 aromatic heterocycles. The van der Waals surface area contributed by atoms with Crippen molar-refractivity contribution < 1.29 is 5.11 Å². The van der Waals surface area contributed by atoms with Crippen LogP contribution in [-0.2, 0) is 13.2 Å². The quantitative estimate of drug-likeness (QED) is 0.861. The maximum Gasteiger partial charge on any atom is 0.0991 e. The zero-order valence-corrected chi connectivity index (χ0v) is 9.93. The van der Waals surface area contributed by atoms with Crippen LogP contribution >= 0.6 is 0 Å². The number of nitriles is 1. The van der Waals surface area contributed by atoms with Crippen molar-refractivity contribution in [3.63, 3.8) is 0 Å². The van der Waals surface area contributed by atoms with E-state index in [1.807, 2.05) is 42.5 Å². The number of rotatable bonds is 4. The fourth-order valence-electron chi connectivity index (χ4n) is 1.73. The van der Waals surface area contributed by atoms with Crippen LogP contribution in [0.15, 0.2) is 48.5 Å². The minimum atomic E-state index is 0.0411. The van der Waals surface area contributed by atoms with Crippen LogP contribution in [0.1, 0.15) is 16.7 Å². The van der Waals surface area contributed by atoms with Gasteiger partial charge < -0.3 is 10.4 Å². The molecule has 2 N–H and O–H groups in total. The van der Waals surface area contributed by atoms with E-state index in [1.54, 1.807) is 6.07 Å². The Labute approximate surface area is 106 Å². The fourth-order valence-corrected chi connectivity index (χ4v) is 1.73. The average Bonchev–Trinajstić information content (AvgIpc) is 2.45. The van der Waals surface area contributed by atoms with Crippen molar-refractivity contribution in [3.8, 4) is 6.07 Å². The molecule has 0 bridgehead atoms. The van der Waals surface area contributed by atoms with E-state index in [1.165, 1.54) is 0 Å². The van der Waals surface area contributed by atoms with Crippen molar-refractivity contribution in [1.29, 1.82) is 5.26 Å². The van der Waals surface area contributed by atoms with E-state index < -0.39 is 0 Å². The molecule has 2 rings (SSSR count). The molecule has 0 aliphatic heterocycles. The highest BCUT2D eigenvalue weighted by molar-refractivity contribution is 5.46. The minimum absolute atomic E-state index is 0.0411. The van der Waals surface area contributed by atoms with E-state index in [9.17, 15) is 0 Å². The standard InChI is InChI=1S/C15H14N2O/c16-9-12-3-1-4-13(7-12)10-17-15-6-2-5-14(8-15)11-18/h1-8,17-18H,10-11H2. The number of aliphatic hydroxyl groups excluding tert-OH is 1. The molecule has 0 heterocycles. The first-order valence-corrected chi connectivity index (χ1v) is 5.74. The van der Waals surface area contributed by atoms with Crippen LogP contribution in [0.25, 0.3) is 0 Å². The lowest BCUT2D eigenvalue weighted by Gasteiger charge is -2.08. The second kappa shape index (κ2) is 5.85. The first-order chi connectivity index (χ1) is 8.81. The summed E-state index contributed by atoms with van der Waals surface area (Å²) in [5.41, 5.74) is 3.57. The van der Waals surface area contributed by atoms with Gasteiger partial charge in [-0.25, -0.2) is 0 Å². The van der Waals surface area contributed by atoms with E-state index >= 15 is 0 Å². The van der Waals surface area contributed by atoms with Gasteiger partial charge in [-0.1, -0.05) is 24.3 Å². The van der Waals surface area contributed by atoms with Gasteiger partial charge in [-0.3, -0.25) is 0 Å². The van der Waals surface area contributed by atoms with Gasteiger partial charge in [-0.15, -0.1) is 0 Å². The summed E-state index contributed by atoms with van der Waals surface area (Å²) in [6, 6.07) is 17.3. The zero-order chi connectivity index (χ0) is 12.8. The van der Waals surface area contributed by atoms with Gasteiger partial charge in [0.15, 0.2) is 0 Å². The number of benzene rings is 2. The highest BCUT2D eigenvalue weighted by Crippen LogP contribution is 2.12. The fraction of sp³-hybridized carbons (Fsp3) is 0.133. The third-order valence-electron chi connectivity index (χ3n) is 2.66. The summed E-state index contributed by atoms with van der Waals surface area (Å²) in [5, 5.41) is 21.1. The Morgan fingerprint density at radius 1 is 1.06 bits per heavy atom. The molecule has 3 heteroatoms. The molecule has 0 spiro atoms. The Hall–Kier alpha value is -2.31. The molecule has 0 atom stereocenters. The summed E-state index contributed by atoms with van der Waals surface area (Å²) >= 11 is 0. The maximum absolute atomic E-state index is 9.05. The third kappa shape index (κ3) is 3.09. The molecule has 0 amide bonds. The van der Waals surface area contributed by atoms with Crippen molar-refractivity contribution >= 4 is 5.69 Å². The Morgan fingerprint density at radius 3 is 2.61 bits per heavy atom. The number of nitrogens with one attached hydrogen (secondary N) is 1. The van der Waals surface area contributed by atoms with Gasteiger partial charge in [-0.2, -0.15) is 5.26 Å². The van der Waals surface area contributed by atoms with E-state index in [4.69, 9.17) is 10.4 Å². The molecular weight excluding hydrogens is 224 g/mol. The van der Waals surface area contributed by atoms with Gasteiger partial charge in [0.1, 0.15) is 0 Å². The Balaban J connectivity index is 2.04. The summed E-state index contributed by atoms with van der Waals surface area (Å²) in [5.74, 6) is 0. The largest absolute Gasteiger partial charge is 0.392 e. The van der Waals surface area contributed by atoms with E-state index in [-0.39, 0.29) is 6.61 Å². The molecule has 0 radical (unpaired) electrons. The first-order valence-electron chi connectivity index (χ1n) is 5.74. The lowest BCUT2D eigenvalue weighted by molar-refractivity contribution is 0.282. The molecule has 0 unspecified atom stereocenters. The molecule has 0 aliphatic carbocycles. The topological polar surface area (TPSA) is 56.0 Å². The van der Waals surface area contributed by atoms with Crippen molar-refractivity contribution in [2.75, 3.05) is 5.32 Å². The Bertz CT molecular complexity index is 573. The molecule has 18 heavy (non-hydrogen) atoms. The second-order valence-electron chi connectivity index (χ2n) is 4.02. The summed E-state index contributed by atoms with van der Waals surface area (Å²) in [6.07, 6.45) is 0. The first kappa shape index (κ1) is 12.2. The second-order valence-corrected chi connectivity index (χ2v) is 4.02. The van der Waals surface area contributed by atoms with Gasteiger partial charge in [0.2, 0.25) is 0 Å². The predicted molar refractivity (Wildman–Crippen MR) is 70.8 cm³/mol. The van der Waals surface area contributed by atoms with E-state index in [0.717, 1.165) is 16.8 Å². The van der Waals surface area contributed by atoms with Gasteiger partial charge >= 0.3 is 0 Å². The van der Waals surface area contributed by atoms with Gasteiger partial charge in [0.05, 0.1) is 18.2 Å². The lowest BCUT2D eigenvalue weighted by Crippen LogP contribution is -2.00. The predicted octanol–water partition coefficient (Wildman–Crippen LogP) is 2.66. The summed E-state index contributed by atoms with van der Waals surface area (Å²) in [6.45, 7) is 0.698. The Morgan fingerprint density at radius 2 is 1.83 bits per heavy atom. The summed E-state index contributed by atoms with van der Waals surface area (Å²) in [7, 11) is 0. The van der Waals surface area contributed by atoms with Crippen molar-refractivity contribution in [3.05, 3.63) is 65.2 Å². The summed E-state index contributed by atoms with van der Waals surface area (Å²) in [4.78, 5) is 0. The molecule has 0 aliphatic rings. The normalized spacial score (nSPS) is 9.78. The lowest BCUT2D eigenvalue weighted by atomic mass is 10.1. The molecule has 0 saturated heterocycles. The number of hydrogen-bond donors (Lipinski definition) is 2. The molecule has 0 fully saturated rings.